The van der Waals surface area contributed by atoms with Crippen molar-refractivity contribution in [1.29, 1.82) is 0 Å². The van der Waals surface area contributed by atoms with Crippen molar-refractivity contribution < 1.29 is 13.2 Å². The van der Waals surface area contributed by atoms with Crippen LogP contribution in [0.3, 0.4) is 0 Å². The van der Waals surface area contributed by atoms with Gasteiger partial charge in [0.25, 0.3) is 5.91 Å². The molecule has 0 spiro atoms. The van der Waals surface area contributed by atoms with Gasteiger partial charge in [-0.15, -0.1) is 11.3 Å². The Morgan fingerprint density at radius 2 is 1.93 bits per heavy atom. The lowest BCUT2D eigenvalue weighted by Gasteiger charge is -2.18. The fourth-order valence-corrected chi connectivity index (χ4v) is 4.63. The van der Waals surface area contributed by atoms with E-state index < -0.39 is 10.0 Å². The molecule has 0 atom stereocenters. The van der Waals surface area contributed by atoms with Gasteiger partial charge in [0.05, 0.1) is 16.3 Å². The summed E-state index contributed by atoms with van der Waals surface area (Å²) in [7, 11) is -1.80. The highest BCUT2D eigenvalue weighted by Crippen LogP contribution is 2.31. The molecule has 142 valence electrons. The van der Waals surface area contributed by atoms with Gasteiger partial charge in [0.2, 0.25) is 10.0 Å². The maximum absolute atomic E-state index is 12.6. The summed E-state index contributed by atoms with van der Waals surface area (Å²) in [4.78, 5) is 13.2. The number of fused-ring (bicyclic) bond motifs is 1. The predicted molar refractivity (Wildman–Crippen MR) is 114 cm³/mol. The molecule has 2 aromatic carbocycles. The van der Waals surface area contributed by atoms with Crippen LogP contribution in [0.2, 0.25) is 5.02 Å². The van der Waals surface area contributed by atoms with E-state index >= 15 is 0 Å². The van der Waals surface area contributed by atoms with E-state index in [4.69, 9.17) is 11.6 Å². The molecule has 27 heavy (non-hydrogen) atoms. The Kier molecular flexibility index (Phi) is 5.46. The lowest BCUT2D eigenvalue weighted by molar-refractivity contribution is 0.103. The number of carbonyl (C=O) groups is 1. The minimum atomic E-state index is -3.33. The molecule has 5 nitrogen and oxygen atoms in total. The predicted octanol–water partition coefficient (Wildman–Crippen LogP) is 4.90. The van der Waals surface area contributed by atoms with E-state index in [0.29, 0.717) is 21.3 Å². The standard InChI is InChI=1S/C19H19ClN2O3S2/c1-4-27(24,25)22(3)15-6-8-17-13(10-15)11-18(26-17)19(23)21-16-7-5-14(20)9-12(16)2/h5-11H,4H2,1-3H3,(H,21,23). The first-order valence-corrected chi connectivity index (χ1v) is 11.1. The fraction of sp³-hybridized carbons (Fsp3) is 0.211. The molecule has 0 unspecified atom stereocenters. The number of nitrogens with zero attached hydrogens (tertiary/aromatic N) is 1. The van der Waals surface area contributed by atoms with E-state index in [1.54, 1.807) is 43.3 Å². The molecule has 0 aliphatic carbocycles. The van der Waals surface area contributed by atoms with Crippen molar-refractivity contribution >= 4 is 60.3 Å². The molecule has 0 saturated heterocycles. The Morgan fingerprint density at radius 3 is 2.59 bits per heavy atom. The van der Waals surface area contributed by atoms with Crippen molar-refractivity contribution in [3.8, 4) is 0 Å². The number of rotatable bonds is 5. The molecule has 0 aliphatic heterocycles. The average Bonchev–Trinajstić information content (AvgIpc) is 3.06. The number of sulfonamides is 1. The monoisotopic (exact) mass is 422 g/mol. The number of amides is 1. The first-order chi connectivity index (χ1) is 12.7. The van der Waals surface area contributed by atoms with Crippen LogP contribution in [0.15, 0.2) is 42.5 Å². The summed E-state index contributed by atoms with van der Waals surface area (Å²) < 4.78 is 26.3. The maximum atomic E-state index is 12.6. The third-order valence-electron chi connectivity index (χ3n) is 4.31. The largest absolute Gasteiger partial charge is 0.321 e. The lowest BCUT2D eigenvalue weighted by atomic mass is 10.2. The summed E-state index contributed by atoms with van der Waals surface area (Å²) in [5.41, 5.74) is 2.16. The fourth-order valence-electron chi connectivity index (χ4n) is 2.64. The van der Waals surface area contributed by atoms with Crippen molar-refractivity contribution in [3.05, 3.63) is 57.9 Å². The number of hydrogen-bond donors (Lipinski definition) is 1. The Bertz CT molecular complexity index is 1120. The third-order valence-corrected chi connectivity index (χ3v) is 7.43. The van der Waals surface area contributed by atoms with Gasteiger partial charge in [-0.25, -0.2) is 8.42 Å². The van der Waals surface area contributed by atoms with Crippen molar-refractivity contribution in [2.75, 3.05) is 22.4 Å². The van der Waals surface area contributed by atoms with Crippen LogP contribution in [0.1, 0.15) is 22.2 Å². The van der Waals surface area contributed by atoms with Crippen molar-refractivity contribution in [2.45, 2.75) is 13.8 Å². The molecule has 0 bridgehead atoms. The smallest absolute Gasteiger partial charge is 0.265 e. The lowest BCUT2D eigenvalue weighted by Crippen LogP contribution is -2.27. The van der Waals surface area contributed by atoms with Gasteiger partial charge < -0.3 is 5.32 Å². The molecule has 1 amide bonds. The molecule has 1 aromatic heterocycles. The summed E-state index contributed by atoms with van der Waals surface area (Å²) in [5.74, 6) is -0.183. The number of hydrogen-bond acceptors (Lipinski definition) is 4. The molecule has 3 aromatic rings. The summed E-state index contributed by atoms with van der Waals surface area (Å²) in [5, 5.41) is 4.34. The van der Waals surface area contributed by atoms with E-state index in [1.165, 1.54) is 22.7 Å². The number of benzene rings is 2. The van der Waals surface area contributed by atoms with Crippen LogP contribution in [0.5, 0.6) is 0 Å². The van der Waals surface area contributed by atoms with Crippen LogP contribution in [-0.2, 0) is 10.0 Å². The highest BCUT2D eigenvalue weighted by atomic mass is 35.5. The molecule has 0 radical (unpaired) electrons. The Labute approximate surface area is 167 Å². The summed E-state index contributed by atoms with van der Waals surface area (Å²) >= 11 is 7.31. The van der Waals surface area contributed by atoms with E-state index in [9.17, 15) is 13.2 Å². The van der Waals surface area contributed by atoms with E-state index in [-0.39, 0.29) is 11.7 Å². The van der Waals surface area contributed by atoms with Gasteiger partial charge in [0.1, 0.15) is 0 Å². The van der Waals surface area contributed by atoms with Gasteiger partial charge in [-0.2, -0.15) is 0 Å². The minimum absolute atomic E-state index is 0.0271. The van der Waals surface area contributed by atoms with Gasteiger partial charge in [-0.05, 0) is 67.3 Å². The topological polar surface area (TPSA) is 66.5 Å². The molecule has 1 heterocycles. The van der Waals surface area contributed by atoms with E-state index in [2.05, 4.69) is 5.32 Å². The molecule has 0 aliphatic rings. The van der Waals surface area contributed by atoms with Crippen LogP contribution < -0.4 is 9.62 Å². The second-order valence-corrected chi connectivity index (χ2v) is 9.92. The van der Waals surface area contributed by atoms with Gasteiger partial charge in [-0.1, -0.05) is 11.6 Å². The first kappa shape index (κ1) is 19.7. The zero-order valence-electron chi connectivity index (χ0n) is 15.1. The number of nitrogens with one attached hydrogen (secondary N) is 1. The van der Waals surface area contributed by atoms with Crippen LogP contribution in [-0.4, -0.2) is 27.1 Å². The molecule has 0 fully saturated rings. The molecule has 1 N–H and O–H groups in total. The number of halogens is 1. The van der Waals surface area contributed by atoms with Gasteiger partial charge in [-0.3, -0.25) is 9.10 Å². The van der Waals surface area contributed by atoms with Crippen molar-refractivity contribution in [2.24, 2.45) is 0 Å². The Morgan fingerprint density at radius 1 is 1.19 bits per heavy atom. The van der Waals surface area contributed by atoms with Crippen LogP contribution in [0.25, 0.3) is 10.1 Å². The highest BCUT2D eigenvalue weighted by Gasteiger charge is 2.17. The average molecular weight is 423 g/mol. The van der Waals surface area contributed by atoms with Gasteiger partial charge in [0.15, 0.2) is 0 Å². The molecule has 3 rings (SSSR count). The summed E-state index contributed by atoms with van der Waals surface area (Å²) in [6.45, 7) is 3.48. The van der Waals surface area contributed by atoms with Crippen molar-refractivity contribution in [3.63, 3.8) is 0 Å². The molecular weight excluding hydrogens is 404 g/mol. The number of aryl methyl sites for hydroxylation is 1. The molecular formula is C19H19ClN2O3S2. The van der Waals surface area contributed by atoms with Crippen LogP contribution >= 0.6 is 22.9 Å². The van der Waals surface area contributed by atoms with E-state index in [1.807, 2.05) is 13.0 Å². The highest BCUT2D eigenvalue weighted by molar-refractivity contribution is 7.92. The SMILES string of the molecule is CCS(=O)(=O)N(C)c1ccc2sc(C(=O)Nc3ccc(Cl)cc3C)cc2c1. The first-order valence-electron chi connectivity index (χ1n) is 8.29. The van der Waals surface area contributed by atoms with Gasteiger partial charge in [0, 0.05) is 22.5 Å². The van der Waals surface area contributed by atoms with Crippen LogP contribution in [0.4, 0.5) is 11.4 Å². The van der Waals surface area contributed by atoms with E-state index in [0.717, 1.165) is 15.6 Å². The zero-order chi connectivity index (χ0) is 19.8. The normalized spacial score (nSPS) is 11.6. The number of carbonyl (C=O) groups excluding carboxylic acids is 1. The summed E-state index contributed by atoms with van der Waals surface area (Å²) in [6.07, 6.45) is 0. The second-order valence-electron chi connectivity index (χ2n) is 6.11. The van der Waals surface area contributed by atoms with Crippen molar-refractivity contribution in [1.82, 2.24) is 0 Å². The third kappa shape index (κ3) is 4.10. The number of thiophene rings is 1. The Balaban J connectivity index is 1.89. The minimum Gasteiger partial charge on any atom is -0.321 e. The summed E-state index contributed by atoms with van der Waals surface area (Å²) in [6, 6.07) is 12.4. The Hall–Kier alpha value is -2.09. The number of anilines is 2. The maximum Gasteiger partial charge on any atom is 0.265 e. The van der Waals surface area contributed by atoms with Gasteiger partial charge >= 0.3 is 0 Å². The molecule has 8 heteroatoms. The van der Waals surface area contributed by atoms with Crippen LogP contribution in [0, 0.1) is 6.92 Å². The second kappa shape index (κ2) is 7.50. The zero-order valence-corrected chi connectivity index (χ0v) is 17.5. The molecule has 0 saturated carbocycles. The quantitative estimate of drug-likeness (QED) is 0.635.